The predicted octanol–water partition coefficient (Wildman–Crippen LogP) is 3.86. The molecule has 0 amide bonds. The van der Waals surface area contributed by atoms with Gasteiger partial charge in [0.05, 0.1) is 0 Å². The van der Waals surface area contributed by atoms with Gasteiger partial charge in [-0.1, -0.05) is 33.6 Å². The molecule has 2 rings (SSSR count). The van der Waals surface area contributed by atoms with E-state index in [0.717, 1.165) is 23.2 Å². The lowest BCUT2D eigenvalue weighted by molar-refractivity contribution is 0.144. The lowest BCUT2D eigenvalue weighted by Gasteiger charge is -2.36. The Labute approximate surface area is 76.7 Å². The predicted molar refractivity (Wildman–Crippen MR) is 53.0 cm³/mol. The fraction of sp³-hybridized carbons (Fsp3) is 1.00. The summed E-state index contributed by atoms with van der Waals surface area (Å²) in [5, 5.41) is 0. The molecule has 0 nitrogen and oxygen atoms in total. The first-order chi connectivity index (χ1) is 5.71. The van der Waals surface area contributed by atoms with Gasteiger partial charge < -0.3 is 0 Å². The van der Waals surface area contributed by atoms with Gasteiger partial charge in [0.1, 0.15) is 0 Å². The second kappa shape index (κ2) is 2.75. The molecule has 4 unspecified atom stereocenters. The summed E-state index contributed by atoms with van der Waals surface area (Å²) < 4.78 is 0. The van der Waals surface area contributed by atoms with E-state index in [-0.39, 0.29) is 0 Å². The molecule has 0 heteroatoms. The van der Waals surface area contributed by atoms with Crippen LogP contribution in [0.25, 0.3) is 0 Å². The minimum absolute atomic E-state index is 0.732. The number of fused-ring (bicyclic) bond motifs is 1. The van der Waals surface area contributed by atoms with Gasteiger partial charge in [-0.3, -0.25) is 0 Å². The van der Waals surface area contributed by atoms with Crippen molar-refractivity contribution in [3.63, 3.8) is 0 Å². The van der Waals surface area contributed by atoms with Crippen LogP contribution < -0.4 is 0 Å². The third kappa shape index (κ3) is 1.11. The molecule has 2 aliphatic carbocycles. The standard InChI is InChI=1S/C12H22/c1-4-9-6-7-12(3,5-2)11-8-10(9)11/h9-11H,4-8H2,1-3H3. The highest BCUT2D eigenvalue weighted by molar-refractivity contribution is 5.03. The summed E-state index contributed by atoms with van der Waals surface area (Å²) in [5.74, 6) is 3.34. The van der Waals surface area contributed by atoms with E-state index in [1.807, 2.05) is 0 Å². The molecular weight excluding hydrogens is 144 g/mol. The maximum absolute atomic E-state index is 2.52. The van der Waals surface area contributed by atoms with Crippen LogP contribution in [0.4, 0.5) is 0 Å². The summed E-state index contributed by atoms with van der Waals surface area (Å²) in [6.07, 6.45) is 7.42. The van der Waals surface area contributed by atoms with Crippen molar-refractivity contribution in [2.45, 2.75) is 52.9 Å². The van der Waals surface area contributed by atoms with E-state index < -0.39 is 0 Å². The normalized spacial score (nSPS) is 51.8. The molecule has 0 heterocycles. The number of rotatable bonds is 2. The van der Waals surface area contributed by atoms with Crippen molar-refractivity contribution in [3.05, 3.63) is 0 Å². The van der Waals surface area contributed by atoms with E-state index in [1.165, 1.54) is 25.7 Å². The fourth-order valence-electron chi connectivity index (χ4n) is 3.40. The molecule has 0 N–H and O–H groups in total. The van der Waals surface area contributed by atoms with Gasteiger partial charge in [-0.25, -0.2) is 0 Å². The maximum atomic E-state index is 2.52. The molecule has 2 saturated carbocycles. The summed E-state index contributed by atoms with van der Waals surface area (Å²) >= 11 is 0. The monoisotopic (exact) mass is 166 g/mol. The molecule has 0 saturated heterocycles. The largest absolute Gasteiger partial charge is 0.0651 e. The molecular formula is C12H22. The van der Waals surface area contributed by atoms with Crippen LogP contribution in [0.1, 0.15) is 52.9 Å². The first-order valence-electron chi connectivity index (χ1n) is 5.71. The Morgan fingerprint density at radius 1 is 1.33 bits per heavy atom. The van der Waals surface area contributed by atoms with Gasteiger partial charge in [0.25, 0.3) is 0 Å². The first kappa shape index (κ1) is 8.59. The highest BCUT2D eigenvalue weighted by Gasteiger charge is 2.54. The minimum Gasteiger partial charge on any atom is -0.0651 e. The minimum atomic E-state index is 0.732. The van der Waals surface area contributed by atoms with Gasteiger partial charge in [0.15, 0.2) is 0 Å². The average molecular weight is 166 g/mol. The van der Waals surface area contributed by atoms with Gasteiger partial charge >= 0.3 is 0 Å². The van der Waals surface area contributed by atoms with Crippen molar-refractivity contribution in [1.29, 1.82) is 0 Å². The van der Waals surface area contributed by atoms with Crippen molar-refractivity contribution in [1.82, 2.24) is 0 Å². The lowest BCUT2D eigenvalue weighted by atomic mass is 9.69. The van der Waals surface area contributed by atoms with Gasteiger partial charge in [-0.2, -0.15) is 0 Å². The van der Waals surface area contributed by atoms with Crippen molar-refractivity contribution in [3.8, 4) is 0 Å². The van der Waals surface area contributed by atoms with Gasteiger partial charge in [0, 0.05) is 0 Å². The van der Waals surface area contributed by atoms with Gasteiger partial charge in [0.2, 0.25) is 0 Å². The Morgan fingerprint density at radius 3 is 2.67 bits per heavy atom. The van der Waals surface area contributed by atoms with Crippen LogP contribution in [-0.2, 0) is 0 Å². The summed E-state index contributed by atoms with van der Waals surface area (Å²) in [4.78, 5) is 0. The summed E-state index contributed by atoms with van der Waals surface area (Å²) in [5.41, 5.74) is 0.732. The lowest BCUT2D eigenvalue weighted by Crippen LogP contribution is -2.26. The molecule has 0 bridgehead atoms. The topological polar surface area (TPSA) is 0 Å². The number of hydrogen-bond donors (Lipinski definition) is 0. The van der Waals surface area contributed by atoms with Crippen LogP contribution in [-0.4, -0.2) is 0 Å². The first-order valence-corrected chi connectivity index (χ1v) is 5.71. The van der Waals surface area contributed by atoms with Crippen molar-refractivity contribution >= 4 is 0 Å². The summed E-state index contributed by atoms with van der Waals surface area (Å²) in [6.45, 7) is 7.26. The van der Waals surface area contributed by atoms with Crippen LogP contribution in [0.2, 0.25) is 0 Å². The summed E-state index contributed by atoms with van der Waals surface area (Å²) in [7, 11) is 0. The highest BCUT2D eigenvalue weighted by atomic mass is 14.6. The Morgan fingerprint density at radius 2 is 2.08 bits per heavy atom. The van der Waals surface area contributed by atoms with Gasteiger partial charge in [-0.05, 0) is 42.4 Å². The molecule has 0 spiro atoms. The van der Waals surface area contributed by atoms with E-state index in [9.17, 15) is 0 Å². The second-order valence-corrected chi connectivity index (χ2v) is 5.22. The molecule has 0 radical (unpaired) electrons. The van der Waals surface area contributed by atoms with Gasteiger partial charge in [-0.15, -0.1) is 0 Å². The maximum Gasteiger partial charge on any atom is -0.0297 e. The van der Waals surface area contributed by atoms with Crippen LogP contribution in [0.15, 0.2) is 0 Å². The van der Waals surface area contributed by atoms with E-state index in [1.54, 1.807) is 6.42 Å². The molecule has 0 aromatic carbocycles. The van der Waals surface area contributed by atoms with Crippen LogP contribution in [0.5, 0.6) is 0 Å². The van der Waals surface area contributed by atoms with E-state index in [0.29, 0.717) is 0 Å². The Kier molecular flexibility index (Phi) is 1.97. The van der Waals surface area contributed by atoms with Crippen LogP contribution >= 0.6 is 0 Å². The average Bonchev–Trinajstić information content (AvgIpc) is 2.86. The zero-order valence-electron chi connectivity index (χ0n) is 8.77. The second-order valence-electron chi connectivity index (χ2n) is 5.22. The Balaban J connectivity index is 2.02. The molecule has 0 aromatic heterocycles. The van der Waals surface area contributed by atoms with Crippen molar-refractivity contribution in [2.75, 3.05) is 0 Å². The Hall–Kier alpha value is 0. The molecule has 0 aliphatic heterocycles. The zero-order chi connectivity index (χ0) is 8.77. The molecule has 12 heavy (non-hydrogen) atoms. The number of hydrogen-bond acceptors (Lipinski definition) is 0. The molecule has 2 fully saturated rings. The zero-order valence-corrected chi connectivity index (χ0v) is 8.77. The highest BCUT2D eigenvalue weighted by Crippen LogP contribution is 2.63. The van der Waals surface area contributed by atoms with E-state index in [4.69, 9.17) is 0 Å². The summed E-state index contributed by atoms with van der Waals surface area (Å²) in [6, 6.07) is 0. The molecule has 2 aliphatic rings. The smallest absolute Gasteiger partial charge is 0.0297 e. The third-order valence-corrected chi connectivity index (χ3v) is 4.76. The quantitative estimate of drug-likeness (QED) is 0.584. The van der Waals surface area contributed by atoms with Crippen molar-refractivity contribution in [2.24, 2.45) is 23.2 Å². The molecule has 0 aromatic rings. The van der Waals surface area contributed by atoms with E-state index >= 15 is 0 Å². The van der Waals surface area contributed by atoms with E-state index in [2.05, 4.69) is 20.8 Å². The third-order valence-electron chi connectivity index (χ3n) is 4.76. The Bertz CT molecular complexity index is 173. The van der Waals surface area contributed by atoms with Crippen LogP contribution in [0, 0.1) is 23.2 Å². The molecule has 4 atom stereocenters. The fourth-order valence-corrected chi connectivity index (χ4v) is 3.40. The SMILES string of the molecule is CCC1CCC(C)(CC)C2CC12. The van der Waals surface area contributed by atoms with Crippen LogP contribution in [0.3, 0.4) is 0 Å². The molecule has 70 valence electrons. The van der Waals surface area contributed by atoms with Crippen molar-refractivity contribution < 1.29 is 0 Å².